The fourth-order valence-corrected chi connectivity index (χ4v) is 2.40. The lowest BCUT2D eigenvalue weighted by atomic mass is 10.0. The second-order valence-electron chi connectivity index (χ2n) is 5.19. The molecular formula is C18H17ClN2O. The van der Waals surface area contributed by atoms with E-state index in [9.17, 15) is 4.79 Å². The van der Waals surface area contributed by atoms with Crippen LogP contribution < -0.4 is 21.9 Å². The van der Waals surface area contributed by atoms with E-state index < -0.39 is 0 Å². The van der Waals surface area contributed by atoms with Gasteiger partial charge in [-0.2, -0.15) is 0 Å². The van der Waals surface area contributed by atoms with E-state index in [2.05, 4.69) is 0 Å². The summed E-state index contributed by atoms with van der Waals surface area (Å²) in [5.74, 6) is -0.0166. The Bertz CT molecular complexity index is 792. The van der Waals surface area contributed by atoms with E-state index in [1.165, 1.54) is 0 Å². The van der Waals surface area contributed by atoms with E-state index in [4.69, 9.17) is 0 Å². The molecule has 0 spiro atoms. The molecule has 3 nitrogen and oxygen atoms in total. The van der Waals surface area contributed by atoms with Gasteiger partial charge in [0.2, 0.25) is 0 Å². The maximum absolute atomic E-state index is 12.7. The Kier molecular flexibility index (Phi) is 4.78. The van der Waals surface area contributed by atoms with Crippen molar-refractivity contribution in [2.75, 3.05) is 19.0 Å². The van der Waals surface area contributed by atoms with E-state index in [0.717, 1.165) is 22.0 Å². The molecule has 0 unspecified atom stereocenters. The summed E-state index contributed by atoms with van der Waals surface area (Å²) in [4.78, 5) is 14.7. The molecule has 0 bridgehead atoms. The Morgan fingerprint density at radius 3 is 2.23 bits per heavy atom. The molecule has 4 heteroatoms. The van der Waals surface area contributed by atoms with Crippen LogP contribution in [0, 0.1) is 0 Å². The fraction of sp³-hybridized carbons (Fsp3) is 0.111. The number of pyridine rings is 1. The molecular weight excluding hydrogens is 296 g/mol. The molecule has 1 heterocycles. The van der Waals surface area contributed by atoms with Crippen LogP contribution in [-0.2, 0) is 0 Å². The second-order valence-corrected chi connectivity index (χ2v) is 5.19. The number of carbonyl (C=O) groups is 1. The molecule has 0 fully saturated rings. The minimum Gasteiger partial charge on any atom is -1.00 e. The standard InChI is InChI=1S/C18H17N2O.ClH/c1-19(2)15-10-12-20(13-11-15)18(21)17-9-5-7-14-6-3-4-8-16(14)17;/h3-13H,1-2H3;1H/q+1;/p-1. The Balaban J connectivity index is 0.00000176. The first-order valence-electron chi connectivity index (χ1n) is 6.88. The predicted octanol–water partition coefficient (Wildman–Crippen LogP) is -0.114. The van der Waals surface area contributed by atoms with Gasteiger partial charge in [-0.25, -0.2) is 4.79 Å². The molecule has 0 aliphatic heterocycles. The normalized spacial score (nSPS) is 10.1. The first kappa shape index (κ1) is 16.0. The summed E-state index contributed by atoms with van der Waals surface area (Å²) in [6.45, 7) is 0. The predicted molar refractivity (Wildman–Crippen MR) is 84.6 cm³/mol. The van der Waals surface area contributed by atoms with Crippen LogP contribution in [0.2, 0.25) is 0 Å². The van der Waals surface area contributed by atoms with E-state index in [-0.39, 0.29) is 18.3 Å². The molecule has 0 aliphatic carbocycles. The van der Waals surface area contributed by atoms with Gasteiger partial charge in [0, 0.05) is 31.9 Å². The number of hydrogen-bond acceptors (Lipinski definition) is 2. The Morgan fingerprint density at radius 1 is 0.909 bits per heavy atom. The third-order valence-electron chi connectivity index (χ3n) is 3.58. The van der Waals surface area contributed by atoms with Crippen LogP contribution in [0.25, 0.3) is 10.8 Å². The zero-order chi connectivity index (χ0) is 14.8. The highest BCUT2D eigenvalue weighted by Crippen LogP contribution is 2.18. The topological polar surface area (TPSA) is 24.2 Å². The highest BCUT2D eigenvalue weighted by Gasteiger charge is 2.19. The number of halogens is 1. The van der Waals surface area contributed by atoms with E-state index in [1.807, 2.05) is 73.6 Å². The molecule has 22 heavy (non-hydrogen) atoms. The molecule has 0 saturated carbocycles. The second kappa shape index (κ2) is 6.58. The SMILES string of the molecule is CN(C)c1cc[n+](C(=O)c2cccc3ccccc23)cc1.[Cl-]. The lowest BCUT2D eigenvalue weighted by molar-refractivity contribution is -0.570. The van der Waals surface area contributed by atoms with Gasteiger partial charge in [-0.3, -0.25) is 0 Å². The third kappa shape index (κ3) is 2.95. The van der Waals surface area contributed by atoms with Crippen molar-refractivity contribution in [2.24, 2.45) is 0 Å². The summed E-state index contributed by atoms with van der Waals surface area (Å²) in [7, 11) is 3.96. The molecule has 0 amide bonds. The summed E-state index contributed by atoms with van der Waals surface area (Å²) >= 11 is 0. The minimum atomic E-state index is -0.0166. The summed E-state index contributed by atoms with van der Waals surface area (Å²) in [5.41, 5.74) is 1.78. The minimum absolute atomic E-state index is 0. The van der Waals surface area contributed by atoms with Crippen molar-refractivity contribution >= 4 is 22.4 Å². The number of aromatic nitrogens is 1. The number of fused-ring (bicyclic) bond motifs is 1. The maximum atomic E-state index is 12.7. The maximum Gasteiger partial charge on any atom is 0.425 e. The number of hydrogen-bond donors (Lipinski definition) is 0. The summed E-state index contributed by atoms with van der Waals surface area (Å²) in [6.07, 6.45) is 3.61. The van der Waals surface area contributed by atoms with Crippen molar-refractivity contribution in [1.82, 2.24) is 0 Å². The van der Waals surface area contributed by atoms with Gasteiger partial charge < -0.3 is 17.3 Å². The average molecular weight is 313 g/mol. The van der Waals surface area contributed by atoms with Gasteiger partial charge in [-0.15, -0.1) is 4.57 Å². The molecule has 2 aromatic carbocycles. The molecule has 3 aromatic rings. The van der Waals surface area contributed by atoms with E-state index >= 15 is 0 Å². The average Bonchev–Trinajstić information content (AvgIpc) is 2.53. The van der Waals surface area contributed by atoms with Crippen molar-refractivity contribution in [1.29, 1.82) is 0 Å². The Labute approximate surface area is 136 Å². The smallest absolute Gasteiger partial charge is 0.425 e. The molecule has 0 radical (unpaired) electrons. The van der Waals surface area contributed by atoms with Crippen LogP contribution in [0.15, 0.2) is 67.0 Å². The van der Waals surface area contributed by atoms with Crippen molar-refractivity contribution < 1.29 is 21.8 Å². The van der Waals surface area contributed by atoms with Gasteiger partial charge in [-0.05, 0) is 16.8 Å². The van der Waals surface area contributed by atoms with Gasteiger partial charge >= 0.3 is 5.91 Å². The van der Waals surface area contributed by atoms with Crippen LogP contribution >= 0.6 is 0 Å². The molecule has 1 aromatic heterocycles. The van der Waals surface area contributed by atoms with Crippen molar-refractivity contribution in [3.8, 4) is 0 Å². The van der Waals surface area contributed by atoms with Crippen LogP contribution in [-0.4, -0.2) is 20.0 Å². The molecule has 0 aliphatic rings. The van der Waals surface area contributed by atoms with Gasteiger partial charge in [0.05, 0.1) is 5.56 Å². The van der Waals surface area contributed by atoms with Gasteiger partial charge in [0.1, 0.15) is 0 Å². The zero-order valence-corrected chi connectivity index (χ0v) is 13.3. The largest absolute Gasteiger partial charge is 1.00 e. The van der Waals surface area contributed by atoms with Crippen molar-refractivity contribution in [3.05, 3.63) is 72.6 Å². The monoisotopic (exact) mass is 312 g/mol. The number of rotatable bonds is 2. The molecule has 0 atom stereocenters. The lowest BCUT2D eigenvalue weighted by Crippen LogP contribution is -3.00. The quantitative estimate of drug-likeness (QED) is 0.617. The van der Waals surface area contributed by atoms with E-state index in [1.54, 1.807) is 17.0 Å². The number of benzene rings is 2. The Hall–Kier alpha value is -2.39. The van der Waals surface area contributed by atoms with Crippen LogP contribution in [0.4, 0.5) is 5.69 Å². The molecule has 0 N–H and O–H groups in total. The van der Waals surface area contributed by atoms with Crippen LogP contribution in [0.5, 0.6) is 0 Å². The molecule has 3 rings (SSSR count). The van der Waals surface area contributed by atoms with Crippen molar-refractivity contribution in [3.63, 3.8) is 0 Å². The first-order valence-corrected chi connectivity index (χ1v) is 6.88. The fourth-order valence-electron chi connectivity index (χ4n) is 2.40. The lowest BCUT2D eigenvalue weighted by Gasteiger charge is -2.10. The number of carbonyl (C=O) groups excluding carboxylic acids is 1. The van der Waals surface area contributed by atoms with Gasteiger partial charge in [0.25, 0.3) is 0 Å². The van der Waals surface area contributed by atoms with Gasteiger partial charge in [-0.1, -0.05) is 36.4 Å². The Morgan fingerprint density at radius 2 is 1.55 bits per heavy atom. The van der Waals surface area contributed by atoms with Gasteiger partial charge in [0.15, 0.2) is 12.4 Å². The zero-order valence-electron chi connectivity index (χ0n) is 12.5. The number of nitrogens with zero attached hydrogens (tertiary/aromatic N) is 2. The molecule has 0 saturated heterocycles. The highest BCUT2D eigenvalue weighted by atomic mass is 35.5. The third-order valence-corrected chi connectivity index (χ3v) is 3.58. The first-order chi connectivity index (χ1) is 10.2. The van der Waals surface area contributed by atoms with Crippen molar-refractivity contribution in [2.45, 2.75) is 0 Å². The highest BCUT2D eigenvalue weighted by molar-refractivity contribution is 6.03. The van der Waals surface area contributed by atoms with E-state index in [0.29, 0.717) is 0 Å². The van der Waals surface area contributed by atoms with Crippen LogP contribution in [0.1, 0.15) is 10.4 Å². The summed E-state index contributed by atoms with van der Waals surface area (Å²) in [6, 6.07) is 17.6. The summed E-state index contributed by atoms with van der Waals surface area (Å²) in [5, 5.41) is 2.06. The van der Waals surface area contributed by atoms with Crippen LogP contribution in [0.3, 0.4) is 0 Å². The molecule has 112 valence electrons. The number of anilines is 1. The summed E-state index contributed by atoms with van der Waals surface area (Å²) < 4.78 is 1.62.